The lowest BCUT2D eigenvalue weighted by Crippen LogP contribution is -2.42. The van der Waals surface area contributed by atoms with Crippen molar-refractivity contribution in [2.75, 3.05) is 27.2 Å². The highest BCUT2D eigenvalue weighted by Crippen LogP contribution is 2.31. The van der Waals surface area contributed by atoms with Crippen LogP contribution in [0.3, 0.4) is 0 Å². The Morgan fingerprint density at radius 1 is 1.22 bits per heavy atom. The number of fused-ring (bicyclic) bond motifs is 2. The van der Waals surface area contributed by atoms with Crippen LogP contribution in [0.25, 0.3) is 0 Å². The Morgan fingerprint density at radius 2 is 2.00 bits per heavy atom. The number of nitrogens with one attached hydrogen (secondary N) is 1. The van der Waals surface area contributed by atoms with E-state index in [1.165, 1.54) is 0 Å². The number of nitrogens with zero attached hydrogens (tertiary/aromatic N) is 3. The molecule has 0 aliphatic carbocycles. The SMILES string of the molecule is COc1ccccc1OCc1cc(C(=O)N2C3CCC2CN(C)CC3)n[nH]1. The molecule has 1 amide bonds. The second-order valence-electron chi connectivity index (χ2n) is 7.37. The molecule has 1 aromatic heterocycles. The molecule has 0 saturated carbocycles. The Kier molecular flexibility index (Phi) is 5.03. The van der Waals surface area contributed by atoms with Crippen LogP contribution in [0.5, 0.6) is 11.5 Å². The minimum absolute atomic E-state index is 0.0255. The van der Waals surface area contributed by atoms with Gasteiger partial charge in [-0.3, -0.25) is 9.89 Å². The van der Waals surface area contributed by atoms with E-state index >= 15 is 0 Å². The molecule has 27 heavy (non-hydrogen) atoms. The minimum atomic E-state index is 0.0255. The number of aromatic amines is 1. The molecule has 2 aliphatic heterocycles. The van der Waals surface area contributed by atoms with Gasteiger partial charge in [0.2, 0.25) is 0 Å². The molecule has 2 aromatic rings. The first-order valence-electron chi connectivity index (χ1n) is 9.47. The number of likely N-dealkylation sites (N-methyl/N-ethyl adjacent to an activating group) is 1. The van der Waals surface area contributed by atoms with Crippen molar-refractivity contribution in [1.29, 1.82) is 0 Å². The Balaban J connectivity index is 1.44. The van der Waals surface area contributed by atoms with Crippen LogP contribution in [0, 0.1) is 0 Å². The summed E-state index contributed by atoms with van der Waals surface area (Å²) in [4.78, 5) is 17.5. The lowest BCUT2D eigenvalue weighted by molar-refractivity contribution is 0.0667. The lowest BCUT2D eigenvalue weighted by atomic mass is 10.1. The maximum Gasteiger partial charge on any atom is 0.274 e. The third-order valence-corrected chi connectivity index (χ3v) is 5.52. The topological polar surface area (TPSA) is 70.7 Å². The Labute approximate surface area is 159 Å². The zero-order chi connectivity index (χ0) is 18.8. The summed E-state index contributed by atoms with van der Waals surface area (Å²) >= 11 is 0. The van der Waals surface area contributed by atoms with Crippen molar-refractivity contribution in [3.8, 4) is 11.5 Å². The summed E-state index contributed by atoms with van der Waals surface area (Å²) in [7, 11) is 3.74. The number of ether oxygens (including phenoxy) is 2. The summed E-state index contributed by atoms with van der Waals surface area (Å²) in [5.74, 6) is 1.37. The summed E-state index contributed by atoms with van der Waals surface area (Å²) < 4.78 is 11.1. The standard InChI is InChI=1S/C20H26N4O3/c1-23-10-9-15-7-8-16(12-23)24(15)20(25)17-11-14(21-22-17)13-27-19-6-4-3-5-18(19)26-2/h3-6,11,15-16H,7-10,12-13H2,1-2H3,(H,21,22). The van der Waals surface area contributed by atoms with Crippen LogP contribution in [0.2, 0.25) is 0 Å². The van der Waals surface area contributed by atoms with Gasteiger partial charge >= 0.3 is 0 Å². The highest BCUT2D eigenvalue weighted by molar-refractivity contribution is 5.93. The highest BCUT2D eigenvalue weighted by Gasteiger charge is 2.40. The molecule has 0 radical (unpaired) electrons. The third kappa shape index (κ3) is 3.64. The number of amides is 1. The summed E-state index contributed by atoms with van der Waals surface area (Å²) in [6, 6.07) is 9.91. The van der Waals surface area contributed by atoms with E-state index in [0.717, 1.165) is 38.0 Å². The van der Waals surface area contributed by atoms with E-state index in [2.05, 4.69) is 27.0 Å². The van der Waals surface area contributed by atoms with Crippen molar-refractivity contribution in [2.24, 2.45) is 0 Å². The number of rotatable bonds is 5. The summed E-state index contributed by atoms with van der Waals surface area (Å²) in [5, 5.41) is 7.19. The van der Waals surface area contributed by atoms with Gasteiger partial charge in [-0.15, -0.1) is 0 Å². The Hall–Kier alpha value is -2.54. The second kappa shape index (κ2) is 7.60. The maximum atomic E-state index is 13.1. The van der Waals surface area contributed by atoms with Crippen LogP contribution in [-0.4, -0.2) is 65.2 Å². The summed E-state index contributed by atoms with van der Waals surface area (Å²) in [6.45, 7) is 2.29. The van der Waals surface area contributed by atoms with E-state index in [9.17, 15) is 4.79 Å². The van der Waals surface area contributed by atoms with E-state index < -0.39 is 0 Å². The third-order valence-electron chi connectivity index (χ3n) is 5.52. The number of H-pyrrole nitrogens is 1. The van der Waals surface area contributed by atoms with Gasteiger partial charge in [0.25, 0.3) is 5.91 Å². The number of hydrogen-bond donors (Lipinski definition) is 1. The van der Waals surface area contributed by atoms with Gasteiger partial charge in [0.05, 0.1) is 12.8 Å². The van der Waals surface area contributed by atoms with Crippen LogP contribution in [0.1, 0.15) is 35.4 Å². The first-order valence-corrected chi connectivity index (χ1v) is 9.47. The molecule has 7 heteroatoms. The fraction of sp³-hybridized carbons (Fsp3) is 0.500. The van der Waals surface area contributed by atoms with Crippen LogP contribution in [0.15, 0.2) is 30.3 Å². The number of carbonyl (C=O) groups excluding carboxylic acids is 1. The first-order chi connectivity index (χ1) is 13.2. The van der Waals surface area contributed by atoms with Gasteiger partial charge in [-0.2, -0.15) is 5.10 Å². The molecule has 2 aliphatic rings. The van der Waals surface area contributed by atoms with Gasteiger partial charge in [-0.1, -0.05) is 12.1 Å². The molecule has 144 valence electrons. The largest absolute Gasteiger partial charge is 0.493 e. The van der Waals surface area contributed by atoms with E-state index in [-0.39, 0.29) is 5.91 Å². The van der Waals surface area contributed by atoms with Gasteiger partial charge < -0.3 is 19.3 Å². The first kappa shape index (κ1) is 17.9. The van der Waals surface area contributed by atoms with E-state index in [0.29, 0.717) is 35.9 Å². The van der Waals surface area contributed by atoms with Crippen molar-refractivity contribution in [2.45, 2.75) is 38.0 Å². The molecule has 3 heterocycles. The number of hydrogen-bond acceptors (Lipinski definition) is 5. The van der Waals surface area contributed by atoms with Crippen LogP contribution in [-0.2, 0) is 6.61 Å². The smallest absolute Gasteiger partial charge is 0.274 e. The number of para-hydroxylation sites is 2. The average molecular weight is 370 g/mol. The predicted octanol–water partition coefficient (Wildman–Crippen LogP) is 2.31. The van der Waals surface area contributed by atoms with Crippen molar-refractivity contribution in [3.63, 3.8) is 0 Å². The molecule has 2 saturated heterocycles. The van der Waals surface area contributed by atoms with Crippen LogP contribution in [0.4, 0.5) is 0 Å². The van der Waals surface area contributed by atoms with Crippen LogP contribution < -0.4 is 9.47 Å². The normalized spacial score (nSPS) is 22.5. The zero-order valence-electron chi connectivity index (χ0n) is 15.9. The Morgan fingerprint density at radius 3 is 2.81 bits per heavy atom. The van der Waals surface area contributed by atoms with Gasteiger partial charge in [0.15, 0.2) is 17.2 Å². The quantitative estimate of drug-likeness (QED) is 0.875. The van der Waals surface area contributed by atoms with Crippen molar-refractivity contribution < 1.29 is 14.3 Å². The molecule has 2 atom stereocenters. The fourth-order valence-corrected chi connectivity index (χ4v) is 4.15. The van der Waals surface area contributed by atoms with Crippen molar-refractivity contribution in [3.05, 3.63) is 41.7 Å². The predicted molar refractivity (Wildman–Crippen MR) is 101 cm³/mol. The molecular formula is C20H26N4O3. The number of benzene rings is 1. The summed E-state index contributed by atoms with van der Waals surface area (Å²) in [6.07, 6.45) is 3.21. The molecular weight excluding hydrogens is 344 g/mol. The van der Waals surface area contributed by atoms with Crippen molar-refractivity contribution >= 4 is 5.91 Å². The van der Waals surface area contributed by atoms with Gasteiger partial charge in [-0.05, 0) is 51.1 Å². The van der Waals surface area contributed by atoms with E-state index in [4.69, 9.17) is 9.47 Å². The molecule has 2 unspecified atom stereocenters. The average Bonchev–Trinajstić information content (AvgIpc) is 3.27. The molecule has 2 fully saturated rings. The lowest BCUT2D eigenvalue weighted by Gasteiger charge is -2.27. The molecule has 4 rings (SSSR count). The second-order valence-corrected chi connectivity index (χ2v) is 7.37. The number of likely N-dealkylation sites (tertiary alicyclic amines) is 1. The van der Waals surface area contributed by atoms with Gasteiger partial charge in [0.1, 0.15) is 6.61 Å². The molecule has 1 aromatic carbocycles. The Bertz CT molecular complexity index is 806. The zero-order valence-corrected chi connectivity index (χ0v) is 15.9. The minimum Gasteiger partial charge on any atom is -0.493 e. The maximum absolute atomic E-state index is 13.1. The van der Waals surface area contributed by atoms with E-state index in [1.807, 2.05) is 24.3 Å². The molecule has 1 N–H and O–H groups in total. The van der Waals surface area contributed by atoms with Gasteiger partial charge in [0, 0.05) is 18.6 Å². The van der Waals surface area contributed by atoms with Gasteiger partial charge in [-0.25, -0.2) is 0 Å². The molecule has 0 spiro atoms. The summed E-state index contributed by atoms with van der Waals surface area (Å²) in [5.41, 5.74) is 1.23. The molecule has 7 nitrogen and oxygen atoms in total. The number of aromatic nitrogens is 2. The number of methoxy groups -OCH3 is 1. The molecule has 2 bridgehead atoms. The fourth-order valence-electron chi connectivity index (χ4n) is 4.15. The monoisotopic (exact) mass is 370 g/mol. The number of carbonyl (C=O) groups is 1. The van der Waals surface area contributed by atoms with Crippen LogP contribution >= 0.6 is 0 Å². The van der Waals surface area contributed by atoms with Crippen molar-refractivity contribution in [1.82, 2.24) is 20.0 Å². The highest BCUT2D eigenvalue weighted by atomic mass is 16.5. The van der Waals surface area contributed by atoms with E-state index in [1.54, 1.807) is 13.2 Å².